The van der Waals surface area contributed by atoms with Gasteiger partial charge in [-0.1, -0.05) is 12.1 Å². The van der Waals surface area contributed by atoms with Crippen LogP contribution in [0.5, 0.6) is 0 Å². The molecule has 23 heavy (non-hydrogen) atoms. The van der Waals surface area contributed by atoms with Gasteiger partial charge in [-0.3, -0.25) is 9.36 Å². The van der Waals surface area contributed by atoms with E-state index in [1.54, 1.807) is 42.3 Å². The number of carbonyl (C=O) groups is 1. The Kier molecular flexibility index (Phi) is 4.13. The number of rotatable bonds is 5. The fourth-order valence-corrected chi connectivity index (χ4v) is 2.00. The van der Waals surface area contributed by atoms with Gasteiger partial charge in [-0.15, -0.1) is 0 Å². The number of nitrogens with zero attached hydrogens (tertiary/aromatic N) is 5. The molecule has 3 heterocycles. The number of carbonyl (C=O) groups excluding carboxylic acids is 1. The minimum Gasteiger partial charge on any atom is -0.351 e. The molecule has 0 spiro atoms. The van der Waals surface area contributed by atoms with Crippen LogP contribution in [-0.2, 0) is 0 Å². The molecule has 118 valence electrons. The Hall–Kier alpha value is -3.03. The van der Waals surface area contributed by atoms with Crippen LogP contribution in [0.25, 0.3) is 17.3 Å². The second kappa shape index (κ2) is 6.39. The van der Waals surface area contributed by atoms with Gasteiger partial charge in [-0.05, 0) is 25.5 Å². The molecule has 0 saturated carbocycles. The summed E-state index contributed by atoms with van der Waals surface area (Å²) >= 11 is 0. The first kappa shape index (κ1) is 14.9. The van der Waals surface area contributed by atoms with Crippen molar-refractivity contribution in [3.05, 3.63) is 42.4 Å². The predicted octanol–water partition coefficient (Wildman–Crippen LogP) is 1.77. The van der Waals surface area contributed by atoms with Gasteiger partial charge in [0, 0.05) is 24.5 Å². The van der Waals surface area contributed by atoms with Crippen LogP contribution in [0.1, 0.15) is 29.7 Å². The van der Waals surface area contributed by atoms with Crippen molar-refractivity contribution >= 4 is 5.91 Å². The summed E-state index contributed by atoms with van der Waals surface area (Å²) in [6.45, 7) is 4.37. The van der Waals surface area contributed by atoms with E-state index in [0.717, 1.165) is 12.0 Å². The molecule has 8 heteroatoms. The van der Waals surface area contributed by atoms with Crippen LogP contribution in [0.3, 0.4) is 0 Å². The zero-order valence-electron chi connectivity index (χ0n) is 12.9. The van der Waals surface area contributed by atoms with Crippen molar-refractivity contribution in [1.29, 1.82) is 0 Å². The number of pyridine rings is 1. The van der Waals surface area contributed by atoms with Crippen molar-refractivity contribution in [2.24, 2.45) is 0 Å². The van der Waals surface area contributed by atoms with Crippen molar-refractivity contribution in [1.82, 2.24) is 30.0 Å². The van der Waals surface area contributed by atoms with Crippen LogP contribution in [0.2, 0.25) is 0 Å². The zero-order chi connectivity index (χ0) is 16.2. The number of aryl methyl sites for hydroxylation is 1. The normalized spacial score (nSPS) is 10.7. The minimum atomic E-state index is -0.200. The molecule has 0 atom stereocenters. The summed E-state index contributed by atoms with van der Waals surface area (Å²) in [4.78, 5) is 24.5. The SMILES string of the molecule is CCCNC(=O)c1cn(-c2cc(-c3nc(C)no3)ccn2)cn1. The summed E-state index contributed by atoms with van der Waals surface area (Å²) < 4.78 is 6.83. The van der Waals surface area contributed by atoms with Crippen LogP contribution in [0.15, 0.2) is 35.4 Å². The molecule has 0 aromatic carbocycles. The molecular formula is C15H16N6O2. The lowest BCUT2D eigenvalue weighted by Crippen LogP contribution is -2.24. The third kappa shape index (κ3) is 3.25. The average molecular weight is 312 g/mol. The number of nitrogens with one attached hydrogen (secondary N) is 1. The zero-order valence-corrected chi connectivity index (χ0v) is 12.9. The summed E-state index contributed by atoms with van der Waals surface area (Å²) in [5.74, 6) is 1.40. The Labute approximate surface area is 132 Å². The number of imidazole rings is 1. The van der Waals surface area contributed by atoms with Crippen LogP contribution >= 0.6 is 0 Å². The number of hydrogen-bond donors (Lipinski definition) is 1. The fraction of sp³-hybridized carbons (Fsp3) is 0.267. The van der Waals surface area contributed by atoms with Crippen LogP contribution in [0, 0.1) is 6.92 Å². The van der Waals surface area contributed by atoms with E-state index >= 15 is 0 Å². The van der Waals surface area contributed by atoms with Gasteiger partial charge in [0.25, 0.3) is 11.8 Å². The summed E-state index contributed by atoms with van der Waals surface area (Å²) in [5.41, 5.74) is 1.10. The Bertz CT molecular complexity index is 823. The second-order valence-electron chi connectivity index (χ2n) is 4.97. The molecule has 1 N–H and O–H groups in total. The van der Waals surface area contributed by atoms with E-state index in [2.05, 4.69) is 25.4 Å². The molecule has 3 rings (SSSR count). The van der Waals surface area contributed by atoms with E-state index < -0.39 is 0 Å². The maximum Gasteiger partial charge on any atom is 0.271 e. The lowest BCUT2D eigenvalue weighted by Gasteiger charge is -2.02. The topological polar surface area (TPSA) is 98.7 Å². The highest BCUT2D eigenvalue weighted by Gasteiger charge is 2.12. The molecule has 0 aliphatic heterocycles. The van der Waals surface area contributed by atoms with Gasteiger partial charge < -0.3 is 9.84 Å². The van der Waals surface area contributed by atoms with E-state index in [4.69, 9.17) is 4.52 Å². The number of aromatic nitrogens is 5. The maximum atomic E-state index is 11.9. The highest BCUT2D eigenvalue weighted by molar-refractivity contribution is 5.92. The van der Waals surface area contributed by atoms with Crippen molar-refractivity contribution in [2.45, 2.75) is 20.3 Å². The van der Waals surface area contributed by atoms with Gasteiger partial charge in [-0.25, -0.2) is 9.97 Å². The van der Waals surface area contributed by atoms with E-state index in [1.165, 1.54) is 0 Å². The molecule has 0 radical (unpaired) electrons. The Morgan fingerprint density at radius 3 is 3.00 bits per heavy atom. The Morgan fingerprint density at radius 2 is 2.26 bits per heavy atom. The first-order chi connectivity index (χ1) is 11.2. The quantitative estimate of drug-likeness (QED) is 0.771. The molecular weight excluding hydrogens is 296 g/mol. The standard InChI is InChI=1S/C15H16N6O2/c1-3-5-17-14(22)12-8-21(9-18-12)13-7-11(4-6-16-13)15-19-10(2)20-23-15/h4,6-9H,3,5H2,1-2H3,(H,17,22). The molecule has 0 unspecified atom stereocenters. The molecule has 8 nitrogen and oxygen atoms in total. The van der Waals surface area contributed by atoms with Crippen molar-refractivity contribution < 1.29 is 9.32 Å². The Balaban J connectivity index is 1.85. The van der Waals surface area contributed by atoms with Crippen LogP contribution in [-0.4, -0.2) is 37.1 Å². The summed E-state index contributed by atoms with van der Waals surface area (Å²) in [5, 5.41) is 6.56. The first-order valence-corrected chi connectivity index (χ1v) is 7.26. The van der Waals surface area contributed by atoms with Crippen LogP contribution in [0.4, 0.5) is 0 Å². The van der Waals surface area contributed by atoms with Crippen LogP contribution < -0.4 is 5.32 Å². The molecule has 0 fully saturated rings. The summed E-state index contributed by atoms with van der Waals surface area (Å²) in [7, 11) is 0. The molecule has 0 aliphatic rings. The maximum absolute atomic E-state index is 11.9. The molecule has 3 aromatic heterocycles. The summed E-state index contributed by atoms with van der Waals surface area (Å²) in [6.07, 6.45) is 5.70. The molecule has 0 aliphatic carbocycles. The van der Waals surface area contributed by atoms with Gasteiger partial charge in [0.15, 0.2) is 5.82 Å². The molecule has 1 amide bonds. The highest BCUT2D eigenvalue weighted by Crippen LogP contribution is 2.19. The number of hydrogen-bond acceptors (Lipinski definition) is 6. The molecule has 0 saturated heterocycles. The lowest BCUT2D eigenvalue weighted by molar-refractivity contribution is 0.0949. The number of amides is 1. The van der Waals surface area contributed by atoms with E-state index in [-0.39, 0.29) is 5.91 Å². The second-order valence-corrected chi connectivity index (χ2v) is 4.97. The fourth-order valence-electron chi connectivity index (χ4n) is 2.00. The van der Waals surface area contributed by atoms with Gasteiger partial charge in [0.05, 0.1) is 0 Å². The smallest absolute Gasteiger partial charge is 0.271 e. The van der Waals surface area contributed by atoms with Gasteiger partial charge in [-0.2, -0.15) is 4.98 Å². The Morgan fingerprint density at radius 1 is 1.39 bits per heavy atom. The first-order valence-electron chi connectivity index (χ1n) is 7.26. The highest BCUT2D eigenvalue weighted by atomic mass is 16.5. The van der Waals surface area contributed by atoms with Crippen molar-refractivity contribution in [2.75, 3.05) is 6.54 Å². The molecule has 3 aromatic rings. The van der Waals surface area contributed by atoms with Gasteiger partial charge in [0.2, 0.25) is 0 Å². The van der Waals surface area contributed by atoms with Crippen molar-refractivity contribution in [3.63, 3.8) is 0 Å². The van der Waals surface area contributed by atoms with E-state index in [1.807, 2.05) is 6.92 Å². The predicted molar refractivity (Wildman–Crippen MR) is 82.0 cm³/mol. The monoisotopic (exact) mass is 312 g/mol. The summed E-state index contributed by atoms with van der Waals surface area (Å²) in [6, 6.07) is 3.57. The minimum absolute atomic E-state index is 0.200. The van der Waals surface area contributed by atoms with E-state index in [0.29, 0.717) is 29.8 Å². The largest absolute Gasteiger partial charge is 0.351 e. The van der Waals surface area contributed by atoms with Gasteiger partial charge >= 0.3 is 0 Å². The van der Waals surface area contributed by atoms with Gasteiger partial charge in [0.1, 0.15) is 17.8 Å². The molecule has 0 bridgehead atoms. The van der Waals surface area contributed by atoms with Crippen molar-refractivity contribution in [3.8, 4) is 17.3 Å². The average Bonchev–Trinajstić information content (AvgIpc) is 3.22. The third-order valence-corrected chi connectivity index (χ3v) is 3.14. The lowest BCUT2D eigenvalue weighted by atomic mass is 10.2. The van der Waals surface area contributed by atoms with E-state index in [9.17, 15) is 4.79 Å². The third-order valence-electron chi connectivity index (χ3n) is 3.14.